The highest BCUT2D eigenvalue weighted by Crippen LogP contribution is 2.37. The van der Waals surface area contributed by atoms with Crippen LogP contribution in [0.25, 0.3) is 11.1 Å². The van der Waals surface area contributed by atoms with E-state index in [1.165, 1.54) is 6.33 Å². The molecule has 4 N–H and O–H groups in total. The second-order valence-corrected chi connectivity index (χ2v) is 5.31. The zero-order chi connectivity index (χ0) is 17.8. The second-order valence-electron chi connectivity index (χ2n) is 5.31. The quantitative estimate of drug-likeness (QED) is 0.721. The highest BCUT2D eigenvalue weighted by atomic mass is 16.5. The Hall–Kier alpha value is -3.42. The van der Waals surface area contributed by atoms with Crippen molar-refractivity contribution in [2.75, 3.05) is 25.7 Å². The van der Waals surface area contributed by atoms with Gasteiger partial charge >= 0.3 is 0 Å². The first-order valence-corrected chi connectivity index (χ1v) is 7.49. The number of nitrogens with two attached hydrogens (primary N) is 2. The standard InChI is InChI=1S/C17H18N6O2/c1-24-14-5-10(13-6-20-9-21-7-13)3-11(15(14)25-2)4-12-8-22-17(19)23-16(12)18/h3,5-9H,4H2,1-2H3,(H4,18,19,22,23). The number of hydrogen-bond acceptors (Lipinski definition) is 8. The normalized spacial score (nSPS) is 10.5. The van der Waals surface area contributed by atoms with Gasteiger partial charge in [-0.25, -0.2) is 15.0 Å². The van der Waals surface area contributed by atoms with Crippen LogP contribution in [0.3, 0.4) is 0 Å². The highest BCUT2D eigenvalue weighted by Gasteiger charge is 2.16. The first kappa shape index (κ1) is 16.4. The first-order valence-electron chi connectivity index (χ1n) is 7.49. The summed E-state index contributed by atoms with van der Waals surface area (Å²) >= 11 is 0. The van der Waals surface area contributed by atoms with Crippen molar-refractivity contribution in [1.29, 1.82) is 0 Å². The zero-order valence-corrected chi connectivity index (χ0v) is 13.9. The first-order chi connectivity index (χ1) is 12.1. The summed E-state index contributed by atoms with van der Waals surface area (Å²) in [7, 11) is 3.18. The van der Waals surface area contributed by atoms with Crippen molar-refractivity contribution >= 4 is 11.8 Å². The predicted molar refractivity (Wildman–Crippen MR) is 94.2 cm³/mol. The molecular formula is C17H18N6O2. The molecule has 3 rings (SSSR count). The maximum atomic E-state index is 5.96. The number of anilines is 2. The Morgan fingerprint density at radius 2 is 1.68 bits per heavy atom. The molecule has 0 aliphatic rings. The van der Waals surface area contributed by atoms with Gasteiger partial charge in [-0.3, -0.25) is 0 Å². The summed E-state index contributed by atoms with van der Waals surface area (Å²) < 4.78 is 11.0. The number of benzene rings is 1. The molecule has 128 valence electrons. The molecule has 3 aromatic rings. The Morgan fingerprint density at radius 3 is 2.32 bits per heavy atom. The van der Waals surface area contributed by atoms with Crippen molar-refractivity contribution in [3.63, 3.8) is 0 Å². The van der Waals surface area contributed by atoms with Gasteiger partial charge in [0, 0.05) is 41.7 Å². The van der Waals surface area contributed by atoms with E-state index in [1.54, 1.807) is 32.8 Å². The average Bonchev–Trinajstić information content (AvgIpc) is 2.64. The van der Waals surface area contributed by atoms with Gasteiger partial charge in [0.05, 0.1) is 14.2 Å². The van der Waals surface area contributed by atoms with Gasteiger partial charge in [-0.2, -0.15) is 4.98 Å². The largest absolute Gasteiger partial charge is 0.493 e. The summed E-state index contributed by atoms with van der Waals surface area (Å²) in [5.41, 5.74) is 14.9. The van der Waals surface area contributed by atoms with Crippen LogP contribution >= 0.6 is 0 Å². The van der Waals surface area contributed by atoms with Gasteiger partial charge in [-0.05, 0) is 17.7 Å². The van der Waals surface area contributed by atoms with Crippen molar-refractivity contribution in [3.05, 3.63) is 48.2 Å². The molecule has 0 bridgehead atoms. The number of methoxy groups -OCH3 is 2. The molecule has 25 heavy (non-hydrogen) atoms. The molecular weight excluding hydrogens is 320 g/mol. The van der Waals surface area contributed by atoms with Gasteiger partial charge in [0.15, 0.2) is 11.5 Å². The minimum Gasteiger partial charge on any atom is -0.493 e. The Bertz CT molecular complexity index is 886. The van der Waals surface area contributed by atoms with Crippen molar-refractivity contribution in [2.24, 2.45) is 0 Å². The van der Waals surface area contributed by atoms with Crippen LogP contribution in [0.1, 0.15) is 11.1 Å². The molecule has 1 aromatic carbocycles. The van der Waals surface area contributed by atoms with E-state index in [2.05, 4.69) is 19.9 Å². The number of ether oxygens (including phenoxy) is 2. The average molecular weight is 338 g/mol. The highest BCUT2D eigenvalue weighted by molar-refractivity contribution is 5.68. The predicted octanol–water partition coefficient (Wildman–Crippen LogP) is 1.71. The molecule has 0 amide bonds. The number of aromatic nitrogens is 4. The van der Waals surface area contributed by atoms with Crippen LogP contribution in [0.2, 0.25) is 0 Å². The Balaban J connectivity index is 2.10. The maximum Gasteiger partial charge on any atom is 0.221 e. The molecule has 0 atom stereocenters. The smallest absolute Gasteiger partial charge is 0.221 e. The summed E-state index contributed by atoms with van der Waals surface area (Å²) in [6.45, 7) is 0. The number of nitrogen functional groups attached to an aromatic ring is 2. The van der Waals surface area contributed by atoms with Crippen LogP contribution in [0, 0.1) is 0 Å². The van der Waals surface area contributed by atoms with Gasteiger partial charge in [0.25, 0.3) is 0 Å². The Kier molecular flexibility index (Phi) is 4.60. The number of rotatable bonds is 5. The van der Waals surface area contributed by atoms with Gasteiger partial charge < -0.3 is 20.9 Å². The van der Waals surface area contributed by atoms with Gasteiger partial charge in [0.1, 0.15) is 12.1 Å². The fraction of sp³-hybridized carbons (Fsp3) is 0.176. The van der Waals surface area contributed by atoms with E-state index in [-0.39, 0.29) is 5.95 Å². The van der Waals surface area contributed by atoms with E-state index >= 15 is 0 Å². The van der Waals surface area contributed by atoms with Gasteiger partial charge in [0.2, 0.25) is 5.95 Å². The lowest BCUT2D eigenvalue weighted by atomic mass is 9.99. The summed E-state index contributed by atoms with van der Waals surface area (Å²) in [6.07, 6.45) is 7.03. The number of hydrogen-bond donors (Lipinski definition) is 2. The Labute approximate surface area is 144 Å². The van der Waals surface area contributed by atoms with Crippen LogP contribution in [-0.4, -0.2) is 34.2 Å². The molecule has 0 spiro atoms. The molecule has 2 aromatic heterocycles. The zero-order valence-electron chi connectivity index (χ0n) is 13.9. The molecule has 0 saturated carbocycles. The van der Waals surface area contributed by atoms with Crippen molar-refractivity contribution in [2.45, 2.75) is 6.42 Å². The molecule has 0 unspecified atom stereocenters. The van der Waals surface area contributed by atoms with Crippen molar-refractivity contribution in [3.8, 4) is 22.6 Å². The summed E-state index contributed by atoms with van der Waals surface area (Å²) in [4.78, 5) is 16.1. The molecule has 2 heterocycles. The molecule has 8 heteroatoms. The summed E-state index contributed by atoms with van der Waals surface area (Å²) in [5.74, 6) is 1.70. The third-order valence-corrected chi connectivity index (χ3v) is 3.75. The number of nitrogens with zero attached hydrogens (tertiary/aromatic N) is 4. The van der Waals surface area contributed by atoms with E-state index in [4.69, 9.17) is 20.9 Å². The molecule has 0 saturated heterocycles. The lowest BCUT2D eigenvalue weighted by Crippen LogP contribution is -2.05. The topological polar surface area (TPSA) is 122 Å². The van der Waals surface area contributed by atoms with Crippen LogP contribution in [-0.2, 0) is 6.42 Å². The third kappa shape index (κ3) is 3.42. The molecule has 0 aliphatic carbocycles. The SMILES string of the molecule is COc1cc(-c2cncnc2)cc(Cc2cnc(N)nc2N)c1OC. The minimum absolute atomic E-state index is 0.140. The van der Waals surface area contributed by atoms with Crippen molar-refractivity contribution in [1.82, 2.24) is 19.9 Å². The maximum absolute atomic E-state index is 5.96. The Morgan fingerprint density at radius 1 is 0.920 bits per heavy atom. The van der Waals surface area contributed by atoms with Crippen LogP contribution < -0.4 is 20.9 Å². The molecule has 0 fully saturated rings. The van der Waals surface area contributed by atoms with E-state index in [0.29, 0.717) is 23.7 Å². The van der Waals surface area contributed by atoms with E-state index in [9.17, 15) is 0 Å². The van der Waals surface area contributed by atoms with Crippen LogP contribution in [0.4, 0.5) is 11.8 Å². The molecule has 0 aliphatic heterocycles. The fourth-order valence-electron chi connectivity index (χ4n) is 2.57. The third-order valence-electron chi connectivity index (χ3n) is 3.75. The monoisotopic (exact) mass is 338 g/mol. The van der Waals surface area contributed by atoms with Crippen LogP contribution in [0.5, 0.6) is 11.5 Å². The van der Waals surface area contributed by atoms with Gasteiger partial charge in [-0.15, -0.1) is 0 Å². The van der Waals surface area contributed by atoms with Crippen LogP contribution in [0.15, 0.2) is 37.1 Å². The lowest BCUT2D eigenvalue weighted by Gasteiger charge is -2.15. The molecule has 8 nitrogen and oxygen atoms in total. The summed E-state index contributed by atoms with van der Waals surface area (Å²) in [5, 5.41) is 0. The minimum atomic E-state index is 0.140. The lowest BCUT2D eigenvalue weighted by molar-refractivity contribution is 0.352. The summed E-state index contributed by atoms with van der Waals surface area (Å²) in [6, 6.07) is 3.86. The fourth-order valence-corrected chi connectivity index (χ4v) is 2.57. The second kappa shape index (κ2) is 7.00. The van der Waals surface area contributed by atoms with Crippen molar-refractivity contribution < 1.29 is 9.47 Å². The van der Waals surface area contributed by atoms with Gasteiger partial charge in [-0.1, -0.05) is 0 Å². The molecule has 0 radical (unpaired) electrons. The van der Waals surface area contributed by atoms with E-state index < -0.39 is 0 Å². The van der Waals surface area contributed by atoms with E-state index in [1.807, 2.05) is 12.1 Å². The van der Waals surface area contributed by atoms with E-state index in [0.717, 1.165) is 22.3 Å².